The van der Waals surface area contributed by atoms with Crippen LogP contribution >= 0.6 is 24.0 Å². The quantitative estimate of drug-likeness (QED) is 0.908. The van der Waals surface area contributed by atoms with Crippen LogP contribution in [0.4, 0.5) is 0 Å². The van der Waals surface area contributed by atoms with Gasteiger partial charge in [-0.15, -0.1) is 12.4 Å². The zero-order valence-corrected chi connectivity index (χ0v) is 13.5. The predicted octanol–water partition coefficient (Wildman–Crippen LogP) is 3.41. The third-order valence-electron chi connectivity index (χ3n) is 3.92. The molecule has 0 aromatic heterocycles. The SMILES string of the molecule is Cc1c(Cl)cccc1C(=O)N1CCCCC1C(C)N.Cl. The number of hydrogen-bond donors (Lipinski definition) is 1. The van der Waals surface area contributed by atoms with Crippen molar-refractivity contribution in [1.82, 2.24) is 4.90 Å². The van der Waals surface area contributed by atoms with Crippen LogP contribution < -0.4 is 5.73 Å². The van der Waals surface area contributed by atoms with E-state index in [0.29, 0.717) is 10.6 Å². The van der Waals surface area contributed by atoms with E-state index in [1.807, 2.05) is 36.9 Å². The minimum atomic E-state index is 0. The maximum atomic E-state index is 12.7. The van der Waals surface area contributed by atoms with Gasteiger partial charge in [-0.05, 0) is 50.8 Å². The number of amides is 1. The van der Waals surface area contributed by atoms with Crippen molar-refractivity contribution in [2.45, 2.75) is 45.2 Å². The Balaban J connectivity index is 0.00000200. The molecule has 2 unspecified atom stereocenters. The van der Waals surface area contributed by atoms with Gasteiger partial charge in [0.1, 0.15) is 0 Å². The van der Waals surface area contributed by atoms with E-state index in [-0.39, 0.29) is 30.4 Å². The van der Waals surface area contributed by atoms with E-state index in [9.17, 15) is 4.79 Å². The van der Waals surface area contributed by atoms with Crippen molar-refractivity contribution in [3.05, 3.63) is 34.3 Å². The van der Waals surface area contributed by atoms with Crippen LogP contribution in [-0.4, -0.2) is 29.4 Å². The molecule has 5 heteroatoms. The van der Waals surface area contributed by atoms with Crippen molar-refractivity contribution >= 4 is 29.9 Å². The summed E-state index contributed by atoms with van der Waals surface area (Å²) in [5, 5.41) is 0.639. The maximum Gasteiger partial charge on any atom is 0.254 e. The molecule has 2 atom stereocenters. The van der Waals surface area contributed by atoms with E-state index in [1.165, 1.54) is 0 Å². The third kappa shape index (κ3) is 3.46. The topological polar surface area (TPSA) is 46.3 Å². The fourth-order valence-electron chi connectivity index (χ4n) is 2.75. The van der Waals surface area contributed by atoms with Gasteiger partial charge in [0.15, 0.2) is 0 Å². The van der Waals surface area contributed by atoms with Crippen molar-refractivity contribution in [3.63, 3.8) is 0 Å². The highest BCUT2D eigenvalue weighted by molar-refractivity contribution is 6.31. The van der Waals surface area contributed by atoms with Crippen LogP contribution in [0.25, 0.3) is 0 Å². The molecule has 1 amide bonds. The summed E-state index contributed by atoms with van der Waals surface area (Å²) < 4.78 is 0. The average Bonchev–Trinajstić information content (AvgIpc) is 2.41. The number of rotatable bonds is 2. The van der Waals surface area contributed by atoms with Gasteiger partial charge in [0, 0.05) is 29.2 Å². The van der Waals surface area contributed by atoms with E-state index >= 15 is 0 Å². The number of carbonyl (C=O) groups is 1. The van der Waals surface area contributed by atoms with Gasteiger partial charge in [-0.25, -0.2) is 0 Å². The monoisotopic (exact) mass is 316 g/mol. The second-order valence-electron chi connectivity index (χ2n) is 5.33. The van der Waals surface area contributed by atoms with Crippen molar-refractivity contribution in [2.75, 3.05) is 6.54 Å². The molecular weight excluding hydrogens is 295 g/mol. The molecule has 1 aliphatic heterocycles. The number of piperidine rings is 1. The molecule has 1 heterocycles. The first-order chi connectivity index (χ1) is 9.02. The van der Waals surface area contributed by atoms with Crippen LogP contribution in [0.1, 0.15) is 42.1 Å². The largest absolute Gasteiger partial charge is 0.334 e. The Hall–Kier alpha value is -0.770. The van der Waals surface area contributed by atoms with E-state index in [2.05, 4.69) is 0 Å². The van der Waals surface area contributed by atoms with Crippen LogP contribution in [-0.2, 0) is 0 Å². The average molecular weight is 317 g/mol. The maximum absolute atomic E-state index is 12.7. The molecule has 2 N–H and O–H groups in total. The fraction of sp³-hybridized carbons (Fsp3) is 0.533. The molecule has 1 fully saturated rings. The zero-order chi connectivity index (χ0) is 14.0. The third-order valence-corrected chi connectivity index (χ3v) is 4.32. The van der Waals surface area contributed by atoms with Crippen LogP contribution in [0.2, 0.25) is 5.02 Å². The number of likely N-dealkylation sites (tertiary alicyclic amines) is 1. The van der Waals surface area contributed by atoms with Crippen LogP contribution in [0.15, 0.2) is 18.2 Å². The van der Waals surface area contributed by atoms with Crippen molar-refractivity contribution < 1.29 is 4.79 Å². The Morgan fingerprint density at radius 1 is 1.45 bits per heavy atom. The van der Waals surface area contributed by atoms with Gasteiger partial charge in [-0.3, -0.25) is 4.79 Å². The molecule has 0 aliphatic carbocycles. The smallest absolute Gasteiger partial charge is 0.254 e. The first kappa shape index (κ1) is 17.3. The first-order valence-corrected chi connectivity index (χ1v) is 7.22. The Morgan fingerprint density at radius 3 is 2.80 bits per heavy atom. The Kier molecular flexibility index (Phi) is 6.31. The highest BCUT2D eigenvalue weighted by Crippen LogP contribution is 2.25. The van der Waals surface area contributed by atoms with Crippen LogP contribution in [0.3, 0.4) is 0 Å². The summed E-state index contributed by atoms with van der Waals surface area (Å²) in [5.74, 6) is 0.0574. The lowest BCUT2D eigenvalue weighted by atomic mass is 9.95. The zero-order valence-electron chi connectivity index (χ0n) is 11.9. The van der Waals surface area contributed by atoms with E-state index < -0.39 is 0 Å². The molecule has 0 saturated carbocycles. The summed E-state index contributed by atoms with van der Waals surface area (Å²) in [5.41, 5.74) is 7.57. The minimum Gasteiger partial charge on any atom is -0.334 e. The summed E-state index contributed by atoms with van der Waals surface area (Å²) in [4.78, 5) is 14.6. The molecule has 1 aliphatic rings. The van der Waals surface area contributed by atoms with Gasteiger partial charge in [-0.1, -0.05) is 17.7 Å². The summed E-state index contributed by atoms with van der Waals surface area (Å²) in [7, 11) is 0. The molecule has 1 aromatic carbocycles. The number of halogens is 2. The summed E-state index contributed by atoms with van der Waals surface area (Å²) in [6.45, 7) is 4.65. The normalized spacial score (nSPS) is 20.2. The number of carbonyl (C=O) groups excluding carboxylic acids is 1. The highest BCUT2D eigenvalue weighted by atomic mass is 35.5. The van der Waals surface area contributed by atoms with Crippen LogP contribution in [0.5, 0.6) is 0 Å². The van der Waals surface area contributed by atoms with Gasteiger partial charge in [0.2, 0.25) is 0 Å². The first-order valence-electron chi connectivity index (χ1n) is 6.84. The predicted molar refractivity (Wildman–Crippen MR) is 85.8 cm³/mol. The minimum absolute atomic E-state index is 0. The second kappa shape index (κ2) is 7.30. The van der Waals surface area contributed by atoms with Crippen molar-refractivity contribution in [2.24, 2.45) is 5.73 Å². The Morgan fingerprint density at radius 2 is 2.15 bits per heavy atom. The lowest BCUT2D eigenvalue weighted by molar-refractivity contribution is 0.0583. The van der Waals surface area contributed by atoms with Gasteiger partial charge in [0.05, 0.1) is 0 Å². The number of nitrogens with zero attached hydrogens (tertiary/aromatic N) is 1. The molecule has 112 valence electrons. The van der Waals surface area contributed by atoms with Crippen molar-refractivity contribution in [1.29, 1.82) is 0 Å². The lowest BCUT2D eigenvalue weighted by Crippen LogP contribution is -2.51. The molecule has 1 saturated heterocycles. The fourth-order valence-corrected chi connectivity index (χ4v) is 2.92. The molecule has 3 nitrogen and oxygen atoms in total. The Bertz CT molecular complexity index is 477. The van der Waals surface area contributed by atoms with Gasteiger partial charge in [-0.2, -0.15) is 0 Å². The number of hydrogen-bond acceptors (Lipinski definition) is 2. The summed E-state index contributed by atoms with van der Waals surface area (Å²) >= 11 is 6.10. The number of nitrogens with two attached hydrogens (primary N) is 1. The molecule has 2 rings (SSSR count). The van der Waals surface area contributed by atoms with Gasteiger partial charge < -0.3 is 10.6 Å². The van der Waals surface area contributed by atoms with E-state index in [4.69, 9.17) is 17.3 Å². The van der Waals surface area contributed by atoms with Gasteiger partial charge >= 0.3 is 0 Å². The second-order valence-corrected chi connectivity index (χ2v) is 5.74. The van der Waals surface area contributed by atoms with Gasteiger partial charge in [0.25, 0.3) is 5.91 Å². The molecule has 0 bridgehead atoms. The van der Waals surface area contributed by atoms with Crippen molar-refractivity contribution in [3.8, 4) is 0 Å². The molecule has 0 radical (unpaired) electrons. The Labute approximate surface area is 131 Å². The highest BCUT2D eigenvalue weighted by Gasteiger charge is 2.30. The van der Waals surface area contributed by atoms with E-state index in [1.54, 1.807) is 0 Å². The molecule has 0 spiro atoms. The standard InChI is InChI=1S/C15H21ClN2O.ClH/c1-10-12(6-5-7-13(10)16)15(19)18-9-4-3-8-14(18)11(2)17;/h5-7,11,14H,3-4,8-9,17H2,1-2H3;1H. The van der Waals surface area contributed by atoms with Crippen LogP contribution in [0, 0.1) is 6.92 Å². The molecule has 1 aromatic rings. The van der Waals surface area contributed by atoms with E-state index in [0.717, 1.165) is 31.4 Å². The lowest BCUT2D eigenvalue weighted by Gasteiger charge is -2.38. The molecule has 20 heavy (non-hydrogen) atoms. The number of benzene rings is 1. The molecular formula is C15H22Cl2N2O. The summed E-state index contributed by atoms with van der Waals surface area (Å²) in [6, 6.07) is 5.62. The summed E-state index contributed by atoms with van der Waals surface area (Å²) in [6.07, 6.45) is 3.18.